The lowest BCUT2D eigenvalue weighted by molar-refractivity contribution is 0.0935. The van der Waals surface area contributed by atoms with Crippen LogP contribution in [0.2, 0.25) is 0 Å². The maximum atomic E-state index is 12.4. The summed E-state index contributed by atoms with van der Waals surface area (Å²) in [4.78, 5) is 16.8. The number of benzene rings is 1. The number of pyridine rings is 1. The molecule has 4 nitrogen and oxygen atoms in total. The number of carbonyl (C=O) groups excluding carboxylic acids is 1. The van der Waals surface area contributed by atoms with E-state index in [9.17, 15) is 4.79 Å². The zero-order valence-electron chi connectivity index (χ0n) is 12.4. The second kappa shape index (κ2) is 5.93. The predicted octanol–water partition coefficient (Wildman–Crippen LogP) is 3.90. The Bertz CT molecular complexity index is 824. The first-order chi connectivity index (χ1) is 10.5. The highest BCUT2D eigenvalue weighted by Crippen LogP contribution is 2.17. The zero-order valence-corrected chi connectivity index (χ0v) is 14.0. The van der Waals surface area contributed by atoms with E-state index in [2.05, 4.69) is 26.2 Å². The summed E-state index contributed by atoms with van der Waals surface area (Å²) in [5.41, 5.74) is 3.31. The van der Waals surface area contributed by atoms with E-state index in [1.165, 1.54) is 0 Å². The molecule has 0 aliphatic rings. The van der Waals surface area contributed by atoms with Gasteiger partial charge in [-0.2, -0.15) is 0 Å². The molecule has 112 valence electrons. The normalized spacial score (nSPS) is 12.3. The molecule has 0 fully saturated rings. The Morgan fingerprint density at radius 3 is 2.64 bits per heavy atom. The second-order valence-corrected chi connectivity index (χ2v) is 6.18. The molecule has 2 heterocycles. The molecular weight excluding hydrogens is 342 g/mol. The minimum atomic E-state index is -0.168. The minimum Gasteiger partial charge on any atom is -0.344 e. The van der Waals surface area contributed by atoms with Crippen molar-refractivity contribution in [3.05, 3.63) is 70.1 Å². The van der Waals surface area contributed by atoms with Crippen LogP contribution in [0.4, 0.5) is 0 Å². The van der Waals surface area contributed by atoms with Gasteiger partial charge in [0.15, 0.2) is 0 Å². The molecule has 2 aromatic heterocycles. The molecule has 0 saturated heterocycles. The fraction of sp³-hybridized carbons (Fsp3) is 0.176. The van der Waals surface area contributed by atoms with Gasteiger partial charge in [-0.05, 0) is 43.7 Å². The number of carbonyl (C=O) groups is 1. The molecular formula is C17H16BrN3O. The number of nitrogens with one attached hydrogen (secondary N) is 1. The lowest BCUT2D eigenvalue weighted by atomic mass is 10.1. The molecule has 1 N–H and O–H groups in total. The van der Waals surface area contributed by atoms with Gasteiger partial charge in [-0.25, -0.2) is 4.98 Å². The first-order valence-corrected chi connectivity index (χ1v) is 7.85. The Morgan fingerprint density at radius 2 is 1.95 bits per heavy atom. The van der Waals surface area contributed by atoms with Crippen LogP contribution in [0, 0.1) is 6.92 Å². The Morgan fingerprint density at radius 1 is 1.23 bits per heavy atom. The number of rotatable bonds is 3. The molecule has 0 aliphatic heterocycles. The Balaban J connectivity index is 1.80. The summed E-state index contributed by atoms with van der Waals surface area (Å²) in [5.74, 6) is -0.168. The molecule has 3 aromatic rings. The minimum absolute atomic E-state index is 0.0773. The Labute approximate surface area is 137 Å². The summed E-state index contributed by atoms with van der Waals surface area (Å²) in [7, 11) is 0. The molecule has 1 aromatic carbocycles. The monoisotopic (exact) mass is 357 g/mol. The van der Waals surface area contributed by atoms with Crippen LogP contribution >= 0.6 is 15.9 Å². The van der Waals surface area contributed by atoms with E-state index in [-0.39, 0.29) is 11.9 Å². The Kier molecular flexibility index (Phi) is 3.98. The van der Waals surface area contributed by atoms with Gasteiger partial charge in [0.25, 0.3) is 5.91 Å². The standard InChI is InChI=1S/C17H16BrN3O/c1-11-4-3-5-16-20-15(10-21(11)16)17(22)19-12(2)13-6-8-14(18)9-7-13/h3-10,12H,1-2H3,(H,19,22). The summed E-state index contributed by atoms with van der Waals surface area (Å²) >= 11 is 3.41. The van der Waals surface area contributed by atoms with Gasteiger partial charge in [0.05, 0.1) is 6.04 Å². The highest BCUT2D eigenvalue weighted by atomic mass is 79.9. The largest absolute Gasteiger partial charge is 0.344 e. The van der Waals surface area contributed by atoms with Gasteiger partial charge >= 0.3 is 0 Å². The van der Waals surface area contributed by atoms with E-state index >= 15 is 0 Å². The Hall–Kier alpha value is -2.14. The van der Waals surface area contributed by atoms with Crippen molar-refractivity contribution in [3.63, 3.8) is 0 Å². The summed E-state index contributed by atoms with van der Waals surface area (Å²) in [6, 6.07) is 13.6. The lowest BCUT2D eigenvalue weighted by Gasteiger charge is -2.13. The first kappa shape index (κ1) is 14.8. The van der Waals surface area contributed by atoms with Gasteiger partial charge in [0.2, 0.25) is 0 Å². The molecule has 0 radical (unpaired) electrons. The van der Waals surface area contributed by atoms with E-state index in [4.69, 9.17) is 0 Å². The number of aromatic nitrogens is 2. The molecule has 1 unspecified atom stereocenters. The number of hydrogen-bond acceptors (Lipinski definition) is 2. The van der Waals surface area contributed by atoms with Crippen molar-refractivity contribution in [1.29, 1.82) is 0 Å². The third kappa shape index (κ3) is 2.90. The van der Waals surface area contributed by atoms with Crippen molar-refractivity contribution in [2.75, 3.05) is 0 Å². The molecule has 0 aliphatic carbocycles. The molecule has 3 rings (SSSR count). The molecule has 1 atom stereocenters. The predicted molar refractivity (Wildman–Crippen MR) is 90.0 cm³/mol. The van der Waals surface area contributed by atoms with E-state index in [1.807, 2.05) is 60.7 Å². The van der Waals surface area contributed by atoms with Crippen molar-refractivity contribution < 1.29 is 4.79 Å². The third-order valence-electron chi connectivity index (χ3n) is 3.65. The molecule has 1 amide bonds. The van der Waals surface area contributed by atoms with E-state index < -0.39 is 0 Å². The molecule has 0 saturated carbocycles. The highest BCUT2D eigenvalue weighted by molar-refractivity contribution is 9.10. The number of fused-ring (bicyclic) bond motifs is 1. The first-order valence-electron chi connectivity index (χ1n) is 7.05. The van der Waals surface area contributed by atoms with Crippen LogP contribution in [0.1, 0.15) is 34.7 Å². The van der Waals surface area contributed by atoms with Crippen molar-refractivity contribution in [2.24, 2.45) is 0 Å². The second-order valence-electron chi connectivity index (χ2n) is 5.27. The molecule has 0 spiro atoms. The molecule has 22 heavy (non-hydrogen) atoms. The van der Waals surface area contributed by atoms with Crippen molar-refractivity contribution in [3.8, 4) is 0 Å². The van der Waals surface area contributed by atoms with Crippen LogP contribution in [0.25, 0.3) is 5.65 Å². The fourth-order valence-electron chi connectivity index (χ4n) is 2.36. The highest BCUT2D eigenvalue weighted by Gasteiger charge is 2.15. The number of aryl methyl sites for hydroxylation is 1. The van der Waals surface area contributed by atoms with Gasteiger partial charge in [-0.3, -0.25) is 4.79 Å². The fourth-order valence-corrected chi connectivity index (χ4v) is 2.63. The summed E-state index contributed by atoms with van der Waals surface area (Å²) < 4.78 is 2.93. The van der Waals surface area contributed by atoms with E-state index in [0.29, 0.717) is 5.69 Å². The van der Waals surface area contributed by atoms with Gasteiger partial charge in [-0.15, -0.1) is 0 Å². The van der Waals surface area contributed by atoms with Crippen LogP contribution in [-0.2, 0) is 0 Å². The number of nitrogens with zero attached hydrogens (tertiary/aromatic N) is 2. The maximum absolute atomic E-state index is 12.4. The summed E-state index contributed by atoms with van der Waals surface area (Å²) in [5, 5.41) is 2.98. The third-order valence-corrected chi connectivity index (χ3v) is 4.17. The number of imidazole rings is 1. The van der Waals surface area contributed by atoms with Gasteiger partial charge in [0, 0.05) is 16.4 Å². The average Bonchev–Trinajstić information content (AvgIpc) is 2.93. The maximum Gasteiger partial charge on any atom is 0.271 e. The van der Waals surface area contributed by atoms with Crippen molar-refractivity contribution >= 4 is 27.5 Å². The van der Waals surface area contributed by atoms with Crippen molar-refractivity contribution in [1.82, 2.24) is 14.7 Å². The van der Waals surface area contributed by atoms with Gasteiger partial charge in [0.1, 0.15) is 11.3 Å². The topological polar surface area (TPSA) is 46.4 Å². The SMILES string of the molecule is Cc1cccc2nc(C(=O)NC(C)c3ccc(Br)cc3)cn12. The van der Waals surface area contributed by atoms with E-state index in [1.54, 1.807) is 6.20 Å². The zero-order chi connectivity index (χ0) is 15.7. The van der Waals surface area contributed by atoms with Crippen LogP contribution in [0.15, 0.2) is 53.1 Å². The van der Waals surface area contributed by atoms with Crippen LogP contribution in [0.3, 0.4) is 0 Å². The van der Waals surface area contributed by atoms with Crippen molar-refractivity contribution in [2.45, 2.75) is 19.9 Å². The number of halogens is 1. The van der Waals surface area contributed by atoms with Gasteiger partial charge < -0.3 is 9.72 Å². The van der Waals surface area contributed by atoms with E-state index in [0.717, 1.165) is 21.4 Å². The van der Waals surface area contributed by atoms with Gasteiger partial charge in [-0.1, -0.05) is 34.1 Å². The smallest absolute Gasteiger partial charge is 0.271 e. The number of amides is 1. The quantitative estimate of drug-likeness (QED) is 0.772. The van der Waals surface area contributed by atoms with Crippen LogP contribution < -0.4 is 5.32 Å². The number of hydrogen-bond donors (Lipinski definition) is 1. The molecule has 0 bridgehead atoms. The van der Waals surface area contributed by atoms with Crippen LogP contribution in [-0.4, -0.2) is 15.3 Å². The van der Waals surface area contributed by atoms with Crippen LogP contribution in [0.5, 0.6) is 0 Å². The summed E-state index contributed by atoms with van der Waals surface area (Å²) in [6.45, 7) is 3.95. The average molecular weight is 358 g/mol. The summed E-state index contributed by atoms with van der Waals surface area (Å²) in [6.07, 6.45) is 1.77. The lowest BCUT2D eigenvalue weighted by Crippen LogP contribution is -2.26. The molecule has 5 heteroatoms.